The van der Waals surface area contributed by atoms with Crippen LogP contribution in [0.5, 0.6) is 5.75 Å². The molecule has 0 amide bonds. The zero-order chi connectivity index (χ0) is 16.2. The summed E-state index contributed by atoms with van der Waals surface area (Å²) in [4.78, 5) is 6.64. The minimum Gasteiger partial charge on any atom is -0.496 e. The van der Waals surface area contributed by atoms with Crippen molar-refractivity contribution in [1.82, 2.24) is 10.2 Å². The van der Waals surface area contributed by atoms with Crippen molar-refractivity contribution in [2.45, 2.75) is 32.2 Å². The Morgan fingerprint density at radius 1 is 1.26 bits per heavy atom. The second-order valence-electron chi connectivity index (χ2n) is 6.93. The van der Waals surface area contributed by atoms with Crippen molar-refractivity contribution in [2.24, 2.45) is 22.7 Å². The van der Waals surface area contributed by atoms with E-state index in [1.165, 1.54) is 31.2 Å². The summed E-state index contributed by atoms with van der Waals surface area (Å²) in [7, 11) is 5.68. The second-order valence-corrected chi connectivity index (χ2v) is 6.93. The third-order valence-corrected chi connectivity index (χ3v) is 5.12. The van der Waals surface area contributed by atoms with E-state index in [9.17, 15) is 0 Å². The third-order valence-electron chi connectivity index (χ3n) is 5.12. The van der Waals surface area contributed by atoms with Crippen molar-refractivity contribution in [3.8, 4) is 5.75 Å². The molecule has 2 saturated carbocycles. The Kier molecular flexibility index (Phi) is 5.09. The van der Waals surface area contributed by atoms with Crippen molar-refractivity contribution in [3.63, 3.8) is 0 Å². The molecule has 23 heavy (non-hydrogen) atoms. The first-order valence-corrected chi connectivity index (χ1v) is 8.76. The number of ether oxygens (including phenoxy) is 1. The Labute approximate surface area is 139 Å². The number of rotatable bonds is 7. The predicted molar refractivity (Wildman–Crippen MR) is 94.8 cm³/mol. The Morgan fingerprint density at radius 3 is 2.48 bits per heavy atom. The number of para-hydroxylation sites is 1. The zero-order valence-electron chi connectivity index (χ0n) is 14.6. The molecule has 4 nitrogen and oxygen atoms in total. The minimum atomic E-state index is 0.793. The maximum absolute atomic E-state index is 5.45. The van der Waals surface area contributed by atoms with Crippen LogP contribution in [0.1, 0.15) is 31.2 Å². The molecule has 0 radical (unpaired) electrons. The highest BCUT2D eigenvalue weighted by Crippen LogP contribution is 2.48. The Bertz CT molecular complexity index is 537. The van der Waals surface area contributed by atoms with Crippen molar-refractivity contribution < 1.29 is 4.74 Å². The molecule has 1 aromatic carbocycles. The van der Waals surface area contributed by atoms with Gasteiger partial charge in [0.1, 0.15) is 5.75 Å². The van der Waals surface area contributed by atoms with Gasteiger partial charge >= 0.3 is 0 Å². The summed E-state index contributed by atoms with van der Waals surface area (Å²) in [6, 6.07) is 8.18. The summed E-state index contributed by atoms with van der Waals surface area (Å²) in [6.07, 6.45) is 5.72. The number of hydrogen-bond donors (Lipinski definition) is 1. The molecule has 2 aliphatic carbocycles. The van der Waals surface area contributed by atoms with Crippen molar-refractivity contribution >= 4 is 5.96 Å². The maximum atomic E-state index is 5.45. The van der Waals surface area contributed by atoms with E-state index >= 15 is 0 Å². The summed E-state index contributed by atoms with van der Waals surface area (Å²) in [5, 5.41) is 3.60. The maximum Gasteiger partial charge on any atom is 0.193 e. The van der Waals surface area contributed by atoms with Gasteiger partial charge in [-0.2, -0.15) is 0 Å². The van der Waals surface area contributed by atoms with E-state index in [2.05, 4.69) is 34.4 Å². The van der Waals surface area contributed by atoms with Crippen LogP contribution >= 0.6 is 0 Å². The Morgan fingerprint density at radius 2 is 1.91 bits per heavy atom. The SMILES string of the molecule is CN=C(NCC(C1CC1)C1CC1)N(C)Cc1ccccc1OC. The first kappa shape index (κ1) is 16.2. The van der Waals surface area contributed by atoms with Crippen LogP contribution < -0.4 is 10.1 Å². The number of methoxy groups -OCH3 is 1. The molecule has 0 aromatic heterocycles. The Balaban J connectivity index is 1.56. The fraction of sp³-hybridized carbons (Fsp3) is 0.632. The fourth-order valence-corrected chi connectivity index (χ4v) is 3.52. The molecule has 1 N–H and O–H groups in total. The summed E-state index contributed by atoms with van der Waals surface area (Å²) in [6.45, 7) is 1.86. The van der Waals surface area contributed by atoms with Gasteiger partial charge in [0.15, 0.2) is 5.96 Å². The fourth-order valence-electron chi connectivity index (χ4n) is 3.52. The molecular formula is C19H29N3O. The molecule has 2 aliphatic rings. The van der Waals surface area contributed by atoms with Gasteiger partial charge in [0.05, 0.1) is 7.11 Å². The van der Waals surface area contributed by atoms with Gasteiger partial charge in [0.25, 0.3) is 0 Å². The first-order valence-electron chi connectivity index (χ1n) is 8.76. The molecule has 1 aromatic rings. The lowest BCUT2D eigenvalue weighted by Crippen LogP contribution is -2.41. The minimum absolute atomic E-state index is 0.793. The highest BCUT2D eigenvalue weighted by atomic mass is 16.5. The zero-order valence-corrected chi connectivity index (χ0v) is 14.6. The first-order chi connectivity index (χ1) is 11.2. The summed E-state index contributed by atoms with van der Waals surface area (Å²) in [5.41, 5.74) is 1.18. The molecule has 0 bridgehead atoms. The van der Waals surface area contributed by atoms with Crippen LogP contribution in [-0.4, -0.2) is 38.6 Å². The average Bonchev–Trinajstić information content (AvgIpc) is 3.46. The molecule has 4 heteroatoms. The largest absolute Gasteiger partial charge is 0.496 e. The molecule has 0 spiro atoms. The van der Waals surface area contributed by atoms with Crippen LogP contribution in [0, 0.1) is 17.8 Å². The normalized spacial score (nSPS) is 18.2. The van der Waals surface area contributed by atoms with Gasteiger partial charge in [-0.3, -0.25) is 4.99 Å². The van der Waals surface area contributed by atoms with Crippen LogP contribution in [0.2, 0.25) is 0 Å². The standard InChI is InChI=1S/C19H29N3O/c1-20-19(21-12-17(14-8-9-14)15-10-11-15)22(2)13-16-6-4-5-7-18(16)23-3/h4-7,14-15,17H,8-13H2,1-3H3,(H,20,21). The van der Waals surface area contributed by atoms with Gasteiger partial charge in [-0.15, -0.1) is 0 Å². The molecule has 0 atom stereocenters. The number of aliphatic imine (C=N–C) groups is 1. The van der Waals surface area contributed by atoms with Crippen LogP contribution in [-0.2, 0) is 6.54 Å². The summed E-state index contributed by atoms with van der Waals surface area (Å²) < 4.78 is 5.45. The highest BCUT2D eigenvalue weighted by molar-refractivity contribution is 5.79. The molecule has 0 unspecified atom stereocenters. The highest BCUT2D eigenvalue weighted by Gasteiger charge is 2.41. The van der Waals surface area contributed by atoms with E-state index in [-0.39, 0.29) is 0 Å². The van der Waals surface area contributed by atoms with Crippen LogP contribution in [0.25, 0.3) is 0 Å². The molecule has 3 rings (SSSR count). The molecule has 0 heterocycles. The monoisotopic (exact) mass is 315 g/mol. The second kappa shape index (κ2) is 7.24. The van der Waals surface area contributed by atoms with Gasteiger partial charge in [-0.25, -0.2) is 0 Å². The predicted octanol–water partition coefficient (Wildman–Crippen LogP) is 3.14. The topological polar surface area (TPSA) is 36.9 Å². The lowest BCUT2D eigenvalue weighted by atomic mass is 9.98. The number of benzene rings is 1. The van der Waals surface area contributed by atoms with Crippen LogP contribution in [0.3, 0.4) is 0 Å². The van der Waals surface area contributed by atoms with Gasteiger partial charge < -0.3 is 15.0 Å². The number of nitrogens with one attached hydrogen (secondary N) is 1. The van der Waals surface area contributed by atoms with E-state index in [0.29, 0.717) is 0 Å². The lowest BCUT2D eigenvalue weighted by Gasteiger charge is -2.25. The van der Waals surface area contributed by atoms with Crippen LogP contribution in [0.15, 0.2) is 29.3 Å². The van der Waals surface area contributed by atoms with E-state index in [1.54, 1.807) is 7.11 Å². The summed E-state index contributed by atoms with van der Waals surface area (Å²) >= 11 is 0. The van der Waals surface area contributed by atoms with E-state index in [1.807, 2.05) is 19.2 Å². The van der Waals surface area contributed by atoms with Gasteiger partial charge in [0, 0.05) is 32.7 Å². The van der Waals surface area contributed by atoms with Crippen molar-refractivity contribution in [2.75, 3.05) is 27.7 Å². The molecular weight excluding hydrogens is 286 g/mol. The van der Waals surface area contributed by atoms with Crippen LogP contribution in [0.4, 0.5) is 0 Å². The molecule has 0 aliphatic heterocycles. The average molecular weight is 315 g/mol. The number of guanidine groups is 1. The quantitative estimate of drug-likeness (QED) is 0.620. The van der Waals surface area contributed by atoms with Crippen molar-refractivity contribution in [3.05, 3.63) is 29.8 Å². The number of hydrogen-bond acceptors (Lipinski definition) is 2. The van der Waals surface area contributed by atoms with E-state index < -0.39 is 0 Å². The smallest absolute Gasteiger partial charge is 0.193 e. The lowest BCUT2D eigenvalue weighted by molar-refractivity contribution is 0.380. The van der Waals surface area contributed by atoms with Crippen molar-refractivity contribution in [1.29, 1.82) is 0 Å². The van der Waals surface area contributed by atoms with Gasteiger partial charge in [-0.1, -0.05) is 18.2 Å². The summed E-state index contributed by atoms with van der Waals surface area (Å²) in [5.74, 6) is 4.69. The van der Waals surface area contributed by atoms with E-state index in [0.717, 1.165) is 42.6 Å². The molecule has 0 saturated heterocycles. The Hall–Kier alpha value is -1.71. The van der Waals surface area contributed by atoms with E-state index in [4.69, 9.17) is 4.74 Å². The molecule has 2 fully saturated rings. The molecule has 126 valence electrons. The number of nitrogens with zero attached hydrogens (tertiary/aromatic N) is 2. The van der Waals surface area contributed by atoms with Gasteiger partial charge in [-0.05, 0) is 49.5 Å². The van der Waals surface area contributed by atoms with Gasteiger partial charge in [0.2, 0.25) is 0 Å². The third kappa shape index (κ3) is 4.18.